The van der Waals surface area contributed by atoms with Gasteiger partial charge in [0.15, 0.2) is 0 Å². The average molecular weight is 239 g/mol. The molecular weight excluding hydrogens is 239 g/mol. The highest BCUT2D eigenvalue weighted by Crippen LogP contribution is 2.46. The Morgan fingerprint density at radius 3 is 1.67 bits per heavy atom. The van der Waals surface area contributed by atoms with Gasteiger partial charge in [-0.05, 0) is 0 Å². The number of halogens is 7. The summed E-state index contributed by atoms with van der Waals surface area (Å²) in [7, 11) is 0. The third kappa shape index (κ3) is 2.14. The molecule has 0 rings (SSSR count). The summed E-state index contributed by atoms with van der Waals surface area (Å²) in [4.78, 5) is 20.8. The standard InChI is InChI=1S/C5F7NO2/c6-3(7,2(15)13-1-14)4(8,9)5(10,11)12. The Labute approximate surface area is 76.6 Å². The predicted octanol–water partition coefficient (Wildman–Crippen LogP) is 1.68. The number of carbonyl (C=O) groups is 1. The predicted molar refractivity (Wildman–Crippen MR) is 29.1 cm³/mol. The van der Waals surface area contributed by atoms with Crippen LogP contribution in [0.4, 0.5) is 30.7 Å². The Morgan fingerprint density at radius 1 is 1.00 bits per heavy atom. The molecule has 0 aromatic rings. The minimum Gasteiger partial charge on any atom is -0.264 e. The second kappa shape index (κ2) is 3.61. The number of nitrogens with zero attached hydrogens (tertiary/aromatic N) is 1. The lowest BCUT2D eigenvalue weighted by Gasteiger charge is -2.24. The lowest BCUT2D eigenvalue weighted by atomic mass is 10.1. The van der Waals surface area contributed by atoms with Gasteiger partial charge in [0.2, 0.25) is 6.08 Å². The molecule has 0 aromatic carbocycles. The van der Waals surface area contributed by atoms with Gasteiger partial charge >= 0.3 is 23.9 Å². The van der Waals surface area contributed by atoms with Gasteiger partial charge in [0.1, 0.15) is 0 Å². The van der Waals surface area contributed by atoms with Gasteiger partial charge in [-0.25, -0.2) is 4.79 Å². The van der Waals surface area contributed by atoms with Crippen LogP contribution in [0.1, 0.15) is 0 Å². The van der Waals surface area contributed by atoms with Crippen molar-refractivity contribution >= 4 is 12.0 Å². The van der Waals surface area contributed by atoms with Crippen molar-refractivity contribution in [3.63, 3.8) is 0 Å². The molecule has 0 fully saturated rings. The number of hydrogen-bond acceptors (Lipinski definition) is 2. The molecule has 0 heterocycles. The lowest BCUT2D eigenvalue weighted by molar-refractivity contribution is -0.343. The van der Waals surface area contributed by atoms with Crippen LogP contribution in [0, 0.1) is 0 Å². The van der Waals surface area contributed by atoms with E-state index in [4.69, 9.17) is 0 Å². The average Bonchev–Trinajstić information content (AvgIpc) is 2.02. The topological polar surface area (TPSA) is 46.5 Å². The van der Waals surface area contributed by atoms with Crippen molar-refractivity contribution in [2.24, 2.45) is 4.99 Å². The molecule has 0 aromatic heterocycles. The largest absolute Gasteiger partial charge is 0.460 e. The number of isocyanates is 1. The summed E-state index contributed by atoms with van der Waals surface area (Å²) in [6.45, 7) is 0. The first-order valence-electron chi connectivity index (χ1n) is 2.93. The maximum absolute atomic E-state index is 12.2. The number of alkyl halides is 7. The fourth-order valence-electron chi connectivity index (χ4n) is 0.424. The van der Waals surface area contributed by atoms with Crippen molar-refractivity contribution in [3.05, 3.63) is 0 Å². The summed E-state index contributed by atoms with van der Waals surface area (Å²) < 4.78 is 82.6. The van der Waals surface area contributed by atoms with E-state index in [0.29, 0.717) is 0 Å². The zero-order valence-electron chi connectivity index (χ0n) is 6.41. The molecule has 0 atom stereocenters. The monoisotopic (exact) mass is 239 g/mol. The quantitative estimate of drug-likeness (QED) is 0.418. The Hall–Kier alpha value is -1.44. The molecule has 0 aliphatic carbocycles. The van der Waals surface area contributed by atoms with Crippen LogP contribution >= 0.6 is 0 Å². The molecular formula is C5F7NO2. The van der Waals surface area contributed by atoms with Gasteiger partial charge < -0.3 is 0 Å². The minimum atomic E-state index is -6.63. The zero-order valence-corrected chi connectivity index (χ0v) is 6.41. The van der Waals surface area contributed by atoms with Crippen molar-refractivity contribution in [1.82, 2.24) is 0 Å². The molecule has 86 valence electrons. The molecule has 0 saturated heterocycles. The van der Waals surface area contributed by atoms with Gasteiger partial charge in [-0.2, -0.15) is 30.7 Å². The number of carbonyl (C=O) groups excluding carboxylic acids is 2. The third-order valence-corrected chi connectivity index (χ3v) is 1.17. The minimum absolute atomic E-state index is 0.142. The number of amides is 1. The molecule has 0 saturated carbocycles. The smallest absolute Gasteiger partial charge is 0.264 e. The van der Waals surface area contributed by atoms with Gasteiger partial charge in [0.25, 0.3) is 0 Å². The first-order chi connectivity index (χ1) is 6.48. The van der Waals surface area contributed by atoms with Crippen LogP contribution in [-0.4, -0.2) is 30.0 Å². The summed E-state index contributed by atoms with van der Waals surface area (Å²) in [5.74, 6) is -15.9. The molecule has 0 aliphatic heterocycles. The summed E-state index contributed by atoms with van der Waals surface area (Å²) in [6, 6.07) is 0. The van der Waals surface area contributed by atoms with Crippen LogP contribution in [-0.2, 0) is 9.59 Å². The van der Waals surface area contributed by atoms with E-state index in [-0.39, 0.29) is 6.08 Å². The Bertz CT molecular complexity index is 314. The Kier molecular flexibility index (Phi) is 3.26. The summed E-state index contributed by atoms with van der Waals surface area (Å²) >= 11 is 0. The van der Waals surface area contributed by atoms with Crippen LogP contribution in [0.3, 0.4) is 0 Å². The van der Waals surface area contributed by atoms with E-state index in [1.807, 2.05) is 0 Å². The van der Waals surface area contributed by atoms with Gasteiger partial charge in [0.05, 0.1) is 0 Å². The van der Waals surface area contributed by atoms with Crippen LogP contribution in [0.15, 0.2) is 4.99 Å². The SMILES string of the molecule is O=C=NC(=O)C(F)(F)C(F)(F)C(F)(F)F. The highest BCUT2D eigenvalue weighted by atomic mass is 19.4. The molecule has 0 spiro atoms. The van der Waals surface area contributed by atoms with Crippen molar-refractivity contribution < 1.29 is 40.3 Å². The number of hydrogen-bond donors (Lipinski definition) is 0. The van der Waals surface area contributed by atoms with Gasteiger partial charge in [0, 0.05) is 0 Å². The summed E-state index contributed by atoms with van der Waals surface area (Å²) in [5, 5.41) is 0. The lowest BCUT2D eigenvalue weighted by Crippen LogP contribution is -2.55. The van der Waals surface area contributed by atoms with Crippen molar-refractivity contribution in [1.29, 1.82) is 0 Å². The van der Waals surface area contributed by atoms with Crippen LogP contribution in [0.25, 0.3) is 0 Å². The molecule has 15 heavy (non-hydrogen) atoms. The molecule has 0 radical (unpaired) electrons. The highest BCUT2D eigenvalue weighted by molar-refractivity contribution is 5.88. The maximum Gasteiger partial charge on any atom is 0.460 e. The van der Waals surface area contributed by atoms with Gasteiger partial charge in [-0.3, -0.25) is 4.79 Å². The molecule has 0 aliphatic rings. The molecule has 0 N–H and O–H groups in total. The van der Waals surface area contributed by atoms with Gasteiger partial charge in [-0.1, -0.05) is 0 Å². The summed E-state index contributed by atoms with van der Waals surface area (Å²) in [5.41, 5.74) is 0. The van der Waals surface area contributed by atoms with Crippen molar-refractivity contribution in [3.8, 4) is 0 Å². The first kappa shape index (κ1) is 13.6. The van der Waals surface area contributed by atoms with Crippen molar-refractivity contribution in [2.45, 2.75) is 18.0 Å². The highest BCUT2D eigenvalue weighted by Gasteiger charge is 2.76. The maximum atomic E-state index is 12.2. The van der Waals surface area contributed by atoms with Crippen molar-refractivity contribution in [2.75, 3.05) is 0 Å². The van der Waals surface area contributed by atoms with E-state index in [0.717, 1.165) is 0 Å². The van der Waals surface area contributed by atoms with Crippen LogP contribution in [0.5, 0.6) is 0 Å². The second-order valence-electron chi connectivity index (χ2n) is 2.15. The Morgan fingerprint density at radius 2 is 1.40 bits per heavy atom. The molecule has 0 unspecified atom stereocenters. The van der Waals surface area contributed by atoms with E-state index in [1.165, 1.54) is 4.99 Å². The first-order valence-corrected chi connectivity index (χ1v) is 2.93. The fourth-order valence-corrected chi connectivity index (χ4v) is 0.424. The molecule has 0 bridgehead atoms. The number of rotatable bonds is 2. The fraction of sp³-hybridized carbons (Fsp3) is 0.600. The van der Waals surface area contributed by atoms with E-state index in [2.05, 4.69) is 0 Å². The number of aliphatic imine (C=N–C) groups is 1. The molecule has 1 amide bonds. The second-order valence-corrected chi connectivity index (χ2v) is 2.15. The molecule has 10 heteroatoms. The third-order valence-electron chi connectivity index (χ3n) is 1.17. The van der Waals surface area contributed by atoms with E-state index < -0.39 is 23.9 Å². The summed E-state index contributed by atoms with van der Waals surface area (Å²) in [6.07, 6.45) is -6.49. The zero-order chi connectivity index (χ0) is 12.5. The normalized spacial score (nSPS) is 13.3. The van der Waals surface area contributed by atoms with Gasteiger partial charge in [-0.15, -0.1) is 4.99 Å². The van der Waals surface area contributed by atoms with Crippen LogP contribution < -0.4 is 0 Å². The van der Waals surface area contributed by atoms with E-state index in [1.54, 1.807) is 0 Å². The van der Waals surface area contributed by atoms with E-state index in [9.17, 15) is 40.3 Å². The molecule has 3 nitrogen and oxygen atoms in total. The van der Waals surface area contributed by atoms with Crippen LogP contribution in [0.2, 0.25) is 0 Å². The Balaban J connectivity index is 5.37. The van der Waals surface area contributed by atoms with E-state index >= 15 is 0 Å².